The molecule has 0 aliphatic heterocycles. The number of aliphatic hydroxyl groups excluding tert-OH is 1. The van der Waals surface area contributed by atoms with Gasteiger partial charge in [0.05, 0.1) is 11.0 Å². The maximum atomic E-state index is 10.0. The normalized spacial score (nSPS) is 15.9. The van der Waals surface area contributed by atoms with Crippen LogP contribution in [0.2, 0.25) is 0 Å². The second-order valence-corrected chi connectivity index (χ2v) is 5.92. The summed E-state index contributed by atoms with van der Waals surface area (Å²) in [6.45, 7) is 8.02. The smallest absolute Gasteiger partial charge is 0.0976 e. The van der Waals surface area contributed by atoms with Gasteiger partial charge in [0.1, 0.15) is 0 Å². The van der Waals surface area contributed by atoms with Crippen LogP contribution in [0.25, 0.3) is 0 Å². The highest BCUT2D eigenvalue weighted by atomic mass is 35.5. The molecule has 0 amide bonds. The van der Waals surface area contributed by atoms with Crippen molar-refractivity contribution in [3.8, 4) is 0 Å². The number of halogens is 1. The number of hydrogen-bond acceptors (Lipinski definition) is 1. The summed E-state index contributed by atoms with van der Waals surface area (Å²) in [6, 6.07) is 8.09. The van der Waals surface area contributed by atoms with E-state index in [2.05, 4.69) is 26.0 Å². The zero-order valence-electron chi connectivity index (χ0n) is 10.5. The van der Waals surface area contributed by atoms with Crippen molar-refractivity contribution < 1.29 is 5.11 Å². The molecule has 0 aromatic heterocycles. The minimum Gasteiger partial charge on any atom is -0.387 e. The first kappa shape index (κ1) is 13.5. The van der Waals surface area contributed by atoms with Crippen molar-refractivity contribution in [1.29, 1.82) is 0 Å². The average molecular weight is 241 g/mol. The molecule has 1 aromatic rings. The van der Waals surface area contributed by atoms with E-state index in [0.29, 0.717) is 5.92 Å². The van der Waals surface area contributed by atoms with Gasteiger partial charge in [0.2, 0.25) is 0 Å². The highest BCUT2D eigenvalue weighted by molar-refractivity contribution is 6.23. The molecule has 1 N–H and O–H groups in total. The monoisotopic (exact) mass is 240 g/mol. The molecule has 0 aliphatic rings. The van der Waals surface area contributed by atoms with E-state index in [0.717, 1.165) is 12.0 Å². The third-order valence-electron chi connectivity index (χ3n) is 3.08. The first-order chi connectivity index (χ1) is 7.36. The molecule has 0 spiro atoms. The second-order valence-electron chi connectivity index (χ2n) is 4.94. The Bertz CT molecular complexity index is 324. The van der Waals surface area contributed by atoms with Crippen LogP contribution in [0.1, 0.15) is 57.3 Å². The van der Waals surface area contributed by atoms with Gasteiger partial charge in [0.15, 0.2) is 0 Å². The van der Waals surface area contributed by atoms with E-state index >= 15 is 0 Å². The van der Waals surface area contributed by atoms with Gasteiger partial charge in [0.25, 0.3) is 0 Å². The van der Waals surface area contributed by atoms with Gasteiger partial charge < -0.3 is 5.11 Å². The van der Waals surface area contributed by atoms with E-state index in [4.69, 9.17) is 11.6 Å². The van der Waals surface area contributed by atoms with Crippen LogP contribution in [0.5, 0.6) is 0 Å². The lowest BCUT2D eigenvalue weighted by Crippen LogP contribution is -2.22. The molecule has 1 nitrogen and oxygen atoms in total. The Hall–Kier alpha value is -0.530. The zero-order valence-corrected chi connectivity index (χ0v) is 11.3. The van der Waals surface area contributed by atoms with E-state index in [1.54, 1.807) is 0 Å². The van der Waals surface area contributed by atoms with Gasteiger partial charge in [-0.2, -0.15) is 0 Å². The predicted molar refractivity (Wildman–Crippen MR) is 70.0 cm³/mol. The van der Waals surface area contributed by atoms with Gasteiger partial charge in [-0.05, 0) is 37.3 Å². The maximum absolute atomic E-state index is 10.0. The molecular formula is C14H21ClO. The molecule has 2 unspecified atom stereocenters. The standard InChI is InChI=1S/C14H21ClO/c1-5-10(2)11-6-8-12(9-7-11)13(16)14(3,4)15/h6-10,13,16H,5H2,1-4H3. The molecule has 0 fully saturated rings. The summed E-state index contributed by atoms with van der Waals surface area (Å²) in [5, 5.41) is 10.0. The van der Waals surface area contributed by atoms with Crippen LogP contribution in [0.15, 0.2) is 24.3 Å². The van der Waals surface area contributed by atoms with Gasteiger partial charge in [-0.25, -0.2) is 0 Å². The lowest BCUT2D eigenvalue weighted by molar-refractivity contribution is 0.141. The summed E-state index contributed by atoms with van der Waals surface area (Å²) in [5.74, 6) is 0.565. The maximum Gasteiger partial charge on any atom is 0.0976 e. The van der Waals surface area contributed by atoms with Crippen LogP contribution in [0, 0.1) is 0 Å². The zero-order chi connectivity index (χ0) is 12.3. The molecule has 0 aliphatic carbocycles. The molecule has 0 saturated carbocycles. The molecule has 1 aromatic carbocycles. The van der Waals surface area contributed by atoms with Crippen molar-refractivity contribution in [2.45, 2.75) is 51.0 Å². The van der Waals surface area contributed by atoms with Gasteiger partial charge >= 0.3 is 0 Å². The van der Waals surface area contributed by atoms with Crippen LogP contribution in [-0.2, 0) is 0 Å². The van der Waals surface area contributed by atoms with Crippen molar-refractivity contribution in [2.75, 3.05) is 0 Å². The van der Waals surface area contributed by atoms with Crippen molar-refractivity contribution in [3.05, 3.63) is 35.4 Å². The molecule has 0 bridgehead atoms. The molecule has 0 heterocycles. The topological polar surface area (TPSA) is 20.2 Å². The van der Waals surface area contributed by atoms with Crippen LogP contribution in [-0.4, -0.2) is 9.98 Å². The lowest BCUT2D eigenvalue weighted by atomic mass is 9.93. The van der Waals surface area contributed by atoms with Crippen molar-refractivity contribution in [3.63, 3.8) is 0 Å². The minimum absolute atomic E-state index is 0.565. The quantitative estimate of drug-likeness (QED) is 0.780. The van der Waals surface area contributed by atoms with Crippen LogP contribution in [0.3, 0.4) is 0 Å². The minimum atomic E-state index is -0.627. The van der Waals surface area contributed by atoms with Gasteiger partial charge in [-0.1, -0.05) is 38.1 Å². The summed E-state index contributed by atoms with van der Waals surface area (Å²) < 4.78 is 0. The Morgan fingerprint density at radius 1 is 1.19 bits per heavy atom. The van der Waals surface area contributed by atoms with Crippen molar-refractivity contribution in [2.24, 2.45) is 0 Å². The van der Waals surface area contributed by atoms with Crippen molar-refractivity contribution in [1.82, 2.24) is 0 Å². The molecule has 90 valence electrons. The summed E-state index contributed by atoms with van der Waals surface area (Å²) in [7, 11) is 0. The van der Waals surface area contributed by atoms with Crippen LogP contribution in [0.4, 0.5) is 0 Å². The Morgan fingerprint density at radius 3 is 2.00 bits per heavy atom. The SMILES string of the molecule is CCC(C)c1ccc(C(O)C(C)(C)Cl)cc1. The highest BCUT2D eigenvalue weighted by Gasteiger charge is 2.26. The summed E-state index contributed by atoms with van der Waals surface area (Å²) in [6.07, 6.45) is 0.503. The fraction of sp³-hybridized carbons (Fsp3) is 0.571. The molecule has 2 heteroatoms. The van der Waals surface area contributed by atoms with E-state index < -0.39 is 11.0 Å². The van der Waals surface area contributed by atoms with E-state index in [1.165, 1.54) is 5.56 Å². The molecule has 1 rings (SSSR count). The summed E-state index contributed by atoms with van der Waals surface area (Å²) in [5.41, 5.74) is 2.19. The van der Waals surface area contributed by atoms with Crippen LogP contribution >= 0.6 is 11.6 Å². The average Bonchev–Trinajstić information content (AvgIpc) is 2.26. The number of hydrogen-bond donors (Lipinski definition) is 1. The number of aliphatic hydroxyl groups is 1. The Labute approximate surface area is 103 Å². The Kier molecular flexibility index (Phi) is 4.40. The molecule has 0 radical (unpaired) electrons. The first-order valence-corrected chi connectivity index (χ1v) is 6.21. The summed E-state index contributed by atoms with van der Waals surface area (Å²) >= 11 is 6.10. The number of benzene rings is 1. The molecular weight excluding hydrogens is 220 g/mol. The molecule has 16 heavy (non-hydrogen) atoms. The molecule has 2 atom stereocenters. The third kappa shape index (κ3) is 3.23. The number of alkyl halides is 1. The van der Waals surface area contributed by atoms with Crippen LogP contribution < -0.4 is 0 Å². The van der Waals surface area contributed by atoms with Gasteiger partial charge in [-0.3, -0.25) is 0 Å². The van der Waals surface area contributed by atoms with Gasteiger partial charge in [0, 0.05) is 0 Å². The van der Waals surface area contributed by atoms with Crippen molar-refractivity contribution >= 4 is 11.6 Å². The highest BCUT2D eigenvalue weighted by Crippen LogP contribution is 2.31. The lowest BCUT2D eigenvalue weighted by Gasteiger charge is -2.24. The fourth-order valence-corrected chi connectivity index (χ4v) is 1.76. The third-order valence-corrected chi connectivity index (χ3v) is 3.29. The molecule has 0 saturated heterocycles. The first-order valence-electron chi connectivity index (χ1n) is 5.83. The largest absolute Gasteiger partial charge is 0.387 e. The fourth-order valence-electron chi connectivity index (χ4n) is 1.64. The Balaban J connectivity index is 2.87. The van der Waals surface area contributed by atoms with Gasteiger partial charge in [-0.15, -0.1) is 11.6 Å². The number of rotatable bonds is 4. The van der Waals surface area contributed by atoms with E-state index in [1.807, 2.05) is 26.0 Å². The second kappa shape index (κ2) is 5.20. The van der Waals surface area contributed by atoms with E-state index in [9.17, 15) is 5.11 Å². The Morgan fingerprint density at radius 2 is 1.62 bits per heavy atom. The predicted octanol–water partition coefficient (Wildman–Crippen LogP) is 4.25. The van der Waals surface area contributed by atoms with E-state index in [-0.39, 0.29) is 0 Å². The summed E-state index contributed by atoms with van der Waals surface area (Å²) in [4.78, 5) is -0.627.